The van der Waals surface area contributed by atoms with E-state index in [0.717, 1.165) is 6.42 Å². The van der Waals surface area contributed by atoms with Crippen molar-refractivity contribution in [2.45, 2.75) is 24.2 Å². The number of benzene rings is 3. The summed E-state index contributed by atoms with van der Waals surface area (Å²) in [6, 6.07) is 22.7. The summed E-state index contributed by atoms with van der Waals surface area (Å²) in [4.78, 5) is 12.2. The molecule has 0 saturated carbocycles. The van der Waals surface area contributed by atoms with Gasteiger partial charge in [-0.05, 0) is 48.7 Å². The molecular formula is C24H25ClN2O4S. The summed E-state index contributed by atoms with van der Waals surface area (Å²) in [6.45, 7) is 1.08. The molecule has 8 heteroatoms. The Morgan fingerprint density at radius 2 is 1.66 bits per heavy atom. The lowest BCUT2D eigenvalue weighted by Gasteiger charge is -2.11. The van der Waals surface area contributed by atoms with Crippen molar-refractivity contribution in [3.63, 3.8) is 0 Å². The maximum Gasteiger partial charge on any atom is 0.262 e. The van der Waals surface area contributed by atoms with Gasteiger partial charge in [-0.1, -0.05) is 60.1 Å². The van der Waals surface area contributed by atoms with Crippen LogP contribution in [0.3, 0.4) is 0 Å². The first-order valence-electron chi connectivity index (χ1n) is 10.2. The third-order valence-electron chi connectivity index (χ3n) is 4.62. The number of hydrogen-bond donors (Lipinski definition) is 2. The number of halogens is 1. The number of sulfonamides is 1. The lowest BCUT2D eigenvalue weighted by atomic mass is 10.2. The molecule has 1 amide bonds. The molecule has 0 aromatic heterocycles. The molecule has 0 radical (unpaired) electrons. The maximum atomic E-state index is 12.7. The summed E-state index contributed by atoms with van der Waals surface area (Å²) >= 11 is 6.04. The Kier molecular flexibility index (Phi) is 8.67. The van der Waals surface area contributed by atoms with Gasteiger partial charge in [0.1, 0.15) is 0 Å². The minimum Gasteiger partial charge on any atom is -0.381 e. The molecule has 0 fully saturated rings. The second kappa shape index (κ2) is 11.7. The van der Waals surface area contributed by atoms with Gasteiger partial charge in [0.05, 0.1) is 22.2 Å². The van der Waals surface area contributed by atoms with E-state index in [1.165, 1.54) is 17.7 Å². The topological polar surface area (TPSA) is 84.5 Å². The lowest BCUT2D eigenvalue weighted by molar-refractivity contribution is -0.116. The molecule has 0 bridgehead atoms. The summed E-state index contributed by atoms with van der Waals surface area (Å²) in [5.41, 5.74) is 1.90. The number of nitrogens with one attached hydrogen (secondary N) is 2. The number of anilines is 2. The molecule has 0 aliphatic carbocycles. The first kappa shape index (κ1) is 23.8. The van der Waals surface area contributed by atoms with Crippen LogP contribution in [0.2, 0.25) is 5.02 Å². The van der Waals surface area contributed by atoms with Gasteiger partial charge in [-0.2, -0.15) is 0 Å². The molecule has 0 heterocycles. The highest BCUT2D eigenvalue weighted by atomic mass is 35.5. The molecule has 168 valence electrons. The van der Waals surface area contributed by atoms with Crippen LogP contribution in [-0.2, 0) is 26.0 Å². The van der Waals surface area contributed by atoms with Crippen LogP contribution < -0.4 is 10.0 Å². The van der Waals surface area contributed by atoms with Gasteiger partial charge >= 0.3 is 0 Å². The molecule has 0 aliphatic rings. The SMILES string of the molecule is O=C(CCCOCCc1ccccc1)Nc1cccc(S(=O)(=O)Nc2ccccc2Cl)c1. The van der Waals surface area contributed by atoms with Gasteiger partial charge in [0.2, 0.25) is 5.91 Å². The van der Waals surface area contributed by atoms with E-state index in [1.54, 1.807) is 36.4 Å². The monoisotopic (exact) mass is 472 g/mol. The Labute approximate surface area is 193 Å². The van der Waals surface area contributed by atoms with E-state index in [4.69, 9.17) is 16.3 Å². The Bertz CT molecular complexity index is 1140. The van der Waals surface area contributed by atoms with Crippen LogP contribution in [0.1, 0.15) is 18.4 Å². The zero-order valence-corrected chi connectivity index (χ0v) is 19.0. The second-order valence-corrected chi connectivity index (χ2v) is 9.20. The van der Waals surface area contributed by atoms with E-state index < -0.39 is 10.0 Å². The molecular weight excluding hydrogens is 448 g/mol. The molecule has 0 atom stereocenters. The van der Waals surface area contributed by atoms with Crippen molar-refractivity contribution in [3.05, 3.63) is 89.4 Å². The minimum atomic E-state index is -3.85. The molecule has 0 unspecified atom stereocenters. The second-order valence-electron chi connectivity index (χ2n) is 7.11. The van der Waals surface area contributed by atoms with Gasteiger partial charge in [0.25, 0.3) is 10.0 Å². The van der Waals surface area contributed by atoms with Crippen molar-refractivity contribution in [3.8, 4) is 0 Å². The van der Waals surface area contributed by atoms with Crippen LogP contribution in [-0.4, -0.2) is 27.5 Å². The van der Waals surface area contributed by atoms with Gasteiger partial charge in [0, 0.05) is 18.7 Å². The van der Waals surface area contributed by atoms with Crippen molar-refractivity contribution in [1.29, 1.82) is 0 Å². The van der Waals surface area contributed by atoms with Crippen molar-refractivity contribution in [2.75, 3.05) is 23.3 Å². The Balaban J connectivity index is 1.45. The predicted molar refractivity (Wildman–Crippen MR) is 128 cm³/mol. The predicted octanol–water partition coefficient (Wildman–Crippen LogP) is 5.12. The standard InChI is InChI=1S/C24H25ClN2O4S/c25-22-12-4-5-13-23(22)27-32(29,30)21-11-6-10-20(18-21)26-24(28)14-7-16-31-17-15-19-8-2-1-3-9-19/h1-6,8-13,18,27H,7,14-17H2,(H,26,28). The fourth-order valence-corrected chi connectivity index (χ4v) is 4.35. The number of para-hydroxylation sites is 1. The van der Waals surface area contributed by atoms with E-state index in [0.29, 0.717) is 30.3 Å². The van der Waals surface area contributed by atoms with Crippen molar-refractivity contribution in [1.82, 2.24) is 0 Å². The van der Waals surface area contributed by atoms with Crippen LogP contribution in [0.15, 0.2) is 83.8 Å². The largest absolute Gasteiger partial charge is 0.381 e. The highest BCUT2D eigenvalue weighted by molar-refractivity contribution is 7.92. The van der Waals surface area contributed by atoms with Crippen molar-refractivity contribution in [2.24, 2.45) is 0 Å². The summed E-state index contributed by atoms with van der Waals surface area (Å²) in [6.07, 6.45) is 1.68. The maximum absolute atomic E-state index is 12.7. The van der Waals surface area contributed by atoms with Gasteiger partial charge in [-0.25, -0.2) is 8.42 Å². The van der Waals surface area contributed by atoms with E-state index >= 15 is 0 Å². The first-order chi connectivity index (χ1) is 15.4. The van der Waals surface area contributed by atoms with Gasteiger partial charge < -0.3 is 10.1 Å². The molecule has 0 saturated heterocycles. The number of rotatable bonds is 11. The van der Waals surface area contributed by atoms with Crippen molar-refractivity contribution >= 4 is 38.9 Å². The van der Waals surface area contributed by atoms with Crippen LogP contribution in [0.25, 0.3) is 0 Å². The summed E-state index contributed by atoms with van der Waals surface area (Å²) in [7, 11) is -3.85. The van der Waals surface area contributed by atoms with E-state index in [9.17, 15) is 13.2 Å². The molecule has 0 spiro atoms. The summed E-state index contributed by atoms with van der Waals surface area (Å²) in [5.74, 6) is -0.203. The zero-order valence-electron chi connectivity index (χ0n) is 17.5. The number of carbonyl (C=O) groups excluding carboxylic acids is 1. The fraction of sp³-hybridized carbons (Fsp3) is 0.208. The smallest absolute Gasteiger partial charge is 0.262 e. The Morgan fingerprint density at radius 1 is 0.906 bits per heavy atom. The Hall–Kier alpha value is -2.87. The molecule has 3 aromatic carbocycles. The van der Waals surface area contributed by atoms with Crippen LogP contribution in [0.4, 0.5) is 11.4 Å². The fourth-order valence-electron chi connectivity index (χ4n) is 2.98. The van der Waals surface area contributed by atoms with Crippen LogP contribution >= 0.6 is 11.6 Å². The number of hydrogen-bond acceptors (Lipinski definition) is 4. The average molecular weight is 473 g/mol. The highest BCUT2D eigenvalue weighted by Crippen LogP contribution is 2.25. The van der Waals surface area contributed by atoms with Crippen molar-refractivity contribution < 1.29 is 17.9 Å². The third-order valence-corrected chi connectivity index (χ3v) is 6.31. The number of carbonyl (C=O) groups is 1. The van der Waals surface area contributed by atoms with E-state index in [-0.39, 0.29) is 22.9 Å². The Morgan fingerprint density at radius 3 is 2.44 bits per heavy atom. The first-order valence-corrected chi connectivity index (χ1v) is 12.1. The van der Waals surface area contributed by atoms with E-state index in [1.807, 2.05) is 18.2 Å². The highest BCUT2D eigenvalue weighted by Gasteiger charge is 2.16. The molecule has 0 aliphatic heterocycles. The van der Waals surface area contributed by atoms with Crippen LogP contribution in [0, 0.1) is 0 Å². The zero-order chi connectivity index (χ0) is 22.8. The van der Waals surface area contributed by atoms with Gasteiger partial charge in [-0.3, -0.25) is 9.52 Å². The molecule has 6 nitrogen and oxygen atoms in total. The van der Waals surface area contributed by atoms with Gasteiger partial charge in [-0.15, -0.1) is 0 Å². The lowest BCUT2D eigenvalue weighted by Crippen LogP contribution is -2.15. The third kappa shape index (κ3) is 7.37. The van der Waals surface area contributed by atoms with Gasteiger partial charge in [0.15, 0.2) is 0 Å². The quantitative estimate of drug-likeness (QED) is 0.379. The summed E-state index contributed by atoms with van der Waals surface area (Å²) < 4.78 is 33.4. The van der Waals surface area contributed by atoms with E-state index in [2.05, 4.69) is 22.2 Å². The molecule has 32 heavy (non-hydrogen) atoms. The minimum absolute atomic E-state index is 0.0273. The number of ether oxygens (including phenoxy) is 1. The summed E-state index contributed by atoms with van der Waals surface area (Å²) in [5, 5.41) is 3.03. The number of amides is 1. The van der Waals surface area contributed by atoms with Crippen LogP contribution in [0.5, 0.6) is 0 Å². The average Bonchev–Trinajstić information content (AvgIpc) is 2.78. The molecule has 3 aromatic rings. The molecule has 2 N–H and O–H groups in total. The normalized spacial score (nSPS) is 11.2. The molecule has 3 rings (SSSR count).